The van der Waals surface area contributed by atoms with Crippen molar-refractivity contribution in [1.29, 1.82) is 0 Å². The number of pyridine rings is 1. The molecule has 0 aliphatic rings. The lowest BCUT2D eigenvalue weighted by Crippen LogP contribution is -2.51. The van der Waals surface area contributed by atoms with Crippen LogP contribution >= 0.6 is 0 Å². The fraction of sp³-hybridized carbons (Fsp3) is 0.429. The van der Waals surface area contributed by atoms with Crippen molar-refractivity contribution >= 4 is 21.6 Å². The molecule has 0 aromatic carbocycles. The normalized spacial score (nSPS) is 14.0. The number of amides is 1. The van der Waals surface area contributed by atoms with Gasteiger partial charge in [0.15, 0.2) is 0 Å². The van der Waals surface area contributed by atoms with Gasteiger partial charge in [0, 0.05) is 26.5 Å². The van der Waals surface area contributed by atoms with E-state index in [1.807, 2.05) is 6.92 Å². The third kappa shape index (κ3) is 4.48. The van der Waals surface area contributed by atoms with Crippen LogP contribution in [0.2, 0.25) is 0 Å². The predicted molar refractivity (Wildman–Crippen MR) is 84.7 cm³/mol. The summed E-state index contributed by atoms with van der Waals surface area (Å²) in [6.45, 7) is 1.81. The van der Waals surface area contributed by atoms with Crippen molar-refractivity contribution in [3.05, 3.63) is 35.8 Å². The van der Waals surface area contributed by atoms with E-state index in [1.165, 1.54) is 10.6 Å². The highest BCUT2D eigenvalue weighted by molar-refractivity contribution is 7.89. The Morgan fingerprint density at radius 3 is 2.52 bits per heavy atom. The second-order valence-electron chi connectivity index (χ2n) is 5.73. The van der Waals surface area contributed by atoms with Crippen LogP contribution in [0.4, 0.5) is 13.2 Å². The summed E-state index contributed by atoms with van der Waals surface area (Å²) >= 11 is 0. The number of halogens is 3. The Labute approximate surface area is 142 Å². The number of sulfonamides is 1. The molecule has 1 amide bonds. The molecule has 0 aliphatic heterocycles. The Bertz CT molecular complexity index is 890. The van der Waals surface area contributed by atoms with E-state index in [-0.39, 0.29) is 5.69 Å². The molecule has 0 fully saturated rings. The maximum Gasteiger partial charge on any atom is 0.409 e. The van der Waals surface area contributed by atoms with Gasteiger partial charge < -0.3 is 9.72 Å². The van der Waals surface area contributed by atoms with E-state index < -0.39 is 33.9 Å². The van der Waals surface area contributed by atoms with E-state index in [4.69, 9.17) is 0 Å². The second kappa shape index (κ2) is 6.64. The van der Waals surface area contributed by atoms with Crippen LogP contribution in [0.25, 0.3) is 5.65 Å². The number of fused-ring (bicyclic) bond motifs is 1. The minimum atomic E-state index is -4.92. The molecule has 0 saturated carbocycles. The van der Waals surface area contributed by atoms with Crippen LogP contribution < -0.4 is 5.32 Å². The van der Waals surface area contributed by atoms with Crippen LogP contribution in [-0.4, -0.2) is 60.1 Å². The van der Waals surface area contributed by atoms with Gasteiger partial charge in [-0.1, -0.05) is 6.07 Å². The van der Waals surface area contributed by atoms with Crippen molar-refractivity contribution in [2.24, 2.45) is 0 Å². The number of hydrogen-bond donors (Lipinski definition) is 1. The van der Waals surface area contributed by atoms with Crippen LogP contribution in [0, 0.1) is 6.92 Å². The van der Waals surface area contributed by atoms with Crippen LogP contribution in [-0.2, 0) is 10.0 Å². The predicted octanol–water partition coefficient (Wildman–Crippen LogP) is 1.19. The molecule has 1 atom stereocenters. The molecule has 0 aliphatic carbocycles. The first kappa shape index (κ1) is 19.2. The molecule has 0 saturated heterocycles. The zero-order chi connectivity index (χ0) is 19.0. The van der Waals surface area contributed by atoms with E-state index in [0.717, 1.165) is 19.7 Å². The number of nitrogens with one attached hydrogen (secondary N) is 1. The first-order valence-corrected chi connectivity index (χ1v) is 8.74. The number of carbonyl (C=O) groups is 1. The fourth-order valence-corrected chi connectivity index (χ4v) is 3.01. The molecule has 1 N–H and O–H groups in total. The zero-order valence-electron chi connectivity index (χ0n) is 13.7. The molecule has 7 nitrogen and oxygen atoms in total. The third-order valence-electron chi connectivity index (χ3n) is 3.47. The van der Waals surface area contributed by atoms with Crippen LogP contribution in [0.5, 0.6) is 0 Å². The Kier molecular flexibility index (Phi) is 5.09. The molecule has 138 valence electrons. The maximum absolute atomic E-state index is 13.1. The standard InChI is InChI=1S/C14H17F3N4O3S/c1-9-4-5-12-18-10(7-21(12)6-9)13(22)19-11(14(15,16)17)8-25(23,24)20(2)3/h4-7,11H,8H2,1-3H3,(H,19,22). The highest BCUT2D eigenvalue weighted by atomic mass is 32.2. The van der Waals surface area contributed by atoms with Crippen molar-refractivity contribution < 1.29 is 26.4 Å². The van der Waals surface area contributed by atoms with Crippen molar-refractivity contribution in [3.8, 4) is 0 Å². The number of alkyl halides is 3. The number of aryl methyl sites for hydroxylation is 1. The van der Waals surface area contributed by atoms with Crippen molar-refractivity contribution in [2.75, 3.05) is 19.8 Å². The van der Waals surface area contributed by atoms with Gasteiger partial charge in [-0.25, -0.2) is 17.7 Å². The lowest BCUT2D eigenvalue weighted by atomic mass is 10.3. The van der Waals surface area contributed by atoms with E-state index >= 15 is 0 Å². The van der Waals surface area contributed by atoms with E-state index in [2.05, 4.69) is 4.98 Å². The molecule has 25 heavy (non-hydrogen) atoms. The first-order chi connectivity index (χ1) is 11.4. The second-order valence-corrected chi connectivity index (χ2v) is 7.95. The van der Waals surface area contributed by atoms with E-state index in [0.29, 0.717) is 9.95 Å². The van der Waals surface area contributed by atoms with Crippen LogP contribution in [0.15, 0.2) is 24.5 Å². The van der Waals surface area contributed by atoms with Gasteiger partial charge in [-0.3, -0.25) is 4.79 Å². The molecule has 0 bridgehead atoms. The summed E-state index contributed by atoms with van der Waals surface area (Å²) in [5, 5.41) is 1.71. The number of imidazole rings is 1. The lowest BCUT2D eigenvalue weighted by molar-refractivity contribution is -0.148. The van der Waals surface area contributed by atoms with Gasteiger partial charge in [0.2, 0.25) is 10.0 Å². The van der Waals surface area contributed by atoms with Crippen molar-refractivity contribution in [2.45, 2.75) is 19.1 Å². The quantitative estimate of drug-likeness (QED) is 0.847. The van der Waals surface area contributed by atoms with Gasteiger partial charge in [-0.2, -0.15) is 13.2 Å². The summed E-state index contributed by atoms with van der Waals surface area (Å²) in [5.74, 6) is -2.39. The molecule has 0 spiro atoms. The van der Waals surface area contributed by atoms with Crippen LogP contribution in [0.3, 0.4) is 0 Å². The smallest absolute Gasteiger partial charge is 0.338 e. The molecule has 11 heteroatoms. The summed E-state index contributed by atoms with van der Waals surface area (Å²) in [6, 6.07) is 0.815. The topological polar surface area (TPSA) is 83.8 Å². The Hall–Kier alpha value is -2.14. The Morgan fingerprint density at radius 2 is 1.96 bits per heavy atom. The molecule has 2 heterocycles. The van der Waals surface area contributed by atoms with Gasteiger partial charge in [0.1, 0.15) is 17.4 Å². The van der Waals surface area contributed by atoms with Gasteiger partial charge in [-0.15, -0.1) is 0 Å². The van der Waals surface area contributed by atoms with Gasteiger partial charge >= 0.3 is 6.18 Å². The summed E-state index contributed by atoms with van der Waals surface area (Å²) < 4.78 is 65.0. The molecule has 0 radical (unpaired) electrons. The van der Waals surface area contributed by atoms with E-state index in [9.17, 15) is 26.4 Å². The molecular weight excluding hydrogens is 361 g/mol. The average molecular weight is 378 g/mol. The third-order valence-corrected chi connectivity index (χ3v) is 5.33. The highest BCUT2D eigenvalue weighted by Gasteiger charge is 2.44. The summed E-state index contributed by atoms with van der Waals surface area (Å²) in [5.41, 5.74) is 1.03. The summed E-state index contributed by atoms with van der Waals surface area (Å²) in [4.78, 5) is 16.1. The monoisotopic (exact) mass is 378 g/mol. The highest BCUT2D eigenvalue weighted by Crippen LogP contribution is 2.22. The fourth-order valence-electron chi connectivity index (χ4n) is 2.02. The molecule has 2 aromatic rings. The number of aromatic nitrogens is 2. The first-order valence-electron chi connectivity index (χ1n) is 7.13. The Balaban J connectivity index is 2.26. The van der Waals surface area contributed by atoms with Crippen molar-refractivity contribution in [3.63, 3.8) is 0 Å². The summed E-state index contributed by atoms with van der Waals surface area (Å²) in [6.07, 6.45) is -1.98. The average Bonchev–Trinajstić information content (AvgIpc) is 2.88. The number of rotatable bonds is 5. The van der Waals surface area contributed by atoms with Crippen LogP contribution in [0.1, 0.15) is 16.1 Å². The zero-order valence-corrected chi connectivity index (χ0v) is 14.5. The minimum Gasteiger partial charge on any atom is -0.338 e. The lowest BCUT2D eigenvalue weighted by Gasteiger charge is -2.22. The van der Waals surface area contributed by atoms with E-state index in [1.54, 1.807) is 23.6 Å². The number of hydrogen-bond acceptors (Lipinski definition) is 4. The molecular formula is C14H17F3N4O3S. The minimum absolute atomic E-state index is 0.234. The maximum atomic E-state index is 13.1. The Morgan fingerprint density at radius 1 is 1.32 bits per heavy atom. The van der Waals surface area contributed by atoms with Gasteiger partial charge in [0.25, 0.3) is 5.91 Å². The largest absolute Gasteiger partial charge is 0.409 e. The number of nitrogens with zero attached hydrogens (tertiary/aromatic N) is 3. The molecule has 2 aromatic heterocycles. The molecule has 1 unspecified atom stereocenters. The number of carbonyl (C=O) groups excluding carboxylic acids is 1. The van der Waals surface area contributed by atoms with Crippen molar-refractivity contribution in [1.82, 2.24) is 19.0 Å². The van der Waals surface area contributed by atoms with Gasteiger partial charge in [0.05, 0.1) is 5.75 Å². The SMILES string of the molecule is Cc1ccc2nc(C(=O)NC(CS(=O)(=O)N(C)C)C(F)(F)F)cn2c1. The summed E-state index contributed by atoms with van der Waals surface area (Å²) in [7, 11) is -1.93. The van der Waals surface area contributed by atoms with Gasteiger partial charge in [-0.05, 0) is 18.6 Å². The molecule has 2 rings (SSSR count).